The number of hydrogen-bond donors (Lipinski definition) is 2. The Hall–Kier alpha value is -2.53. The maximum Gasteiger partial charge on any atom is 0.303 e. The molecule has 2 N–H and O–H groups in total. The lowest BCUT2D eigenvalue weighted by molar-refractivity contribution is -0.137. The minimum Gasteiger partial charge on any atom is -0.507 e. The van der Waals surface area contributed by atoms with Crippen molar-refractivity contribution in [3.8, 4) is 11.5 Å². The molecule has 0 fully saturated rings. The van der Waals surface area contributed by atoms with Crippen LogP contribution in [0.5, 0.6) is 11.5 Å². The highest BCUT2D eigenvalue weighted by molar-refractivity contribution is 6.30. The fourth-order valence-corrected chi connectivity index (χ4v) is 2.33. The van der Waals surface area contributed by atoms with Crippen LogP contribution < -0.4 is 4.74 Å². The maximum absolute atomic E-state index is 10.6. The van der Waals surface area contributed by atoms with E-state index in [0.717, 1.165) is 5.56 Å². The average Bonchev–Trinajstić information content (AvgIpc) is 2.56. The number of methoxy groups -OCH3 is 1. The van der Waals surface area contributed by atoms with E-state index in [9.17, 15) is 9.90 Å². The van der Waals surface area contributed by atoms with Crippen molar-refractivity contribution in [3.63, 3.8) is 0 Å². The standard InChI is InChI=1S/C18H18ClNO4/c1-24-14-8-9-15(16(21)11-14)18(20-10-2-3-17(22)23)12-4-6-13(19)7-5-12/h4-9,11,21H,2-3,10H2,1H3,(H,22,23). The molecule has 0 aliphatic heterocycles. The Balaban J connectivity index is 2.36. The van der Waals surface area contributed by atoms with Crippen LogP contribution in [-0.4, -0.2) is 35.5 Å². The molecule has 0 spiro atoms. The molecule has 0 bridgehead atoms. The first-order valence-corrected chi connectivity index (χ1v) is 7.78. The molecular weight excluding hydrogens is 330 g/mol. The Morgan fingerprint density at radius 2 is 1.92 bits per heavy atom. The molecule has 2 rings (SSSR count). The van der Waals surface area contributed by atoms with Crippen LogP contribution in [0.3, 0.4) is 0 Å². The number of halogens is 1. The molecule has 0 saturated carbocycles. The number of aromatic hydroxyl groups is 1. The van der Waals surface area contributed by atoms with Gasteiger partial charge in [-0.1, -0.05) is 23.7 Å². The highest BCUT2D eigenvalue weighted by Crippen LogP contribution is 2.26. The number of hydrogen-bond acceptors (Lipinski definition) is 4. The van der Waals surface area contributed by atoms with E-state index in [1.807, 2.05) is 12.1 Å². The van der Waals surface area contributed by atoms with Crippen molar-refractivity contribution in [1.29, 1.82) is 0 Å². The van der Waals surface area contributed by atoms with Gasteiger partial charge in [-0.25, -0.2) is 0 Å². The van der Waals surface area contributed by atoms with Crippen molar-refractivity contribution in [2.24, 2.45) is 4.99 Å². The largest absolute Gasteiger partial charge is 0.507 e. The Labute approximate surface area is 145 Å². The van der Waals surface area contributed by atoms with Gasteiger partial charge in [0.1, 0.15) is 11.5 Å². The summed E-state index contributed by atoms with van der Waals surface area (Å²) in [6.07, 6.45) is 0.468. The van der Waals surface area contributed by atoms with Crippen LogP contribution in [0.2, 0.25) is 5.02 Å². The average molecular weight is 348 g/mol. The molecule has 0 amide bonds. The molecule has 6 heteroatoms. The van der Waals surface area contributed by atoms with E-state index in [4.69, 9.17) is 21.4 Å². The third-order valence-electron chi connectivity index (χ3n) is 3.40. The summed E-state index contributed by atoms with van der Waals surface area (Å²) < 4.78 is 5.09. The summed E-state index contributed by atoms with van der Waals surface area (Å²) in [4.78, 5) is 15.1. The zero-order chi connectivity index (χ0) is 17.5. The van der Waals surface area contributed by atoms with Gasteiger partial charge >= 0.3 is 5.97 Å². The van der Waals surface area contributed by atoms with E-state index in [-0.39, 0.29) is 12.2 Å². The Morgan fingerprint density at radius 3 is 2.50 bits per heavy atom. The van der Waals surface area contributed by atoms with Crippen LogP contribution in [-0.2, 0) is 4.79 Å². The van der Waals surface area contributed by atoms with Crippen LogP contribution in [0.25, 0.3) is 0 Å². The summed E-state index contributed by atoms with van der Waals surface area (Å²) in [7, 11) is 1.52. The highest BCUT2D eigenvalue weighted by Gasteiger charge is 2.13. The Morgan fingerprint density at radius 1 is 1.21 bits per heavy atom. The normalized spacial score (nSPS) is 11.3. The second-order valence-corrected chi connectivity index (χ2v) is 5.55. The second kappa shape index (κ2) is 8.36. The van der Waals surface area contributed by atoms with E-state index in [2.05, 4.69) is 4.99 Å². The van der Waals surface area contributed by atoms with E-state index in [0.29, 0.717) is 35.0 Å². The molecule has 5 nitrogen and oxygen atoms in total. The zero-order valence-corrected chi connectivity index (χ0v) is 14.0. The molecule has 0 unspecified atom stereocenters. The second-order valence-electron chi connectivity index (χ2n) is 5.12. The van der Waals surface area contributed by atoms with E-state index in [1.54, 1.807) is 24.3 Å². The number of carboxylic acids is 1. The van der Waals surface area contributed by atoms with Crippen molar-refractivity contribution in [2.45, 2.75) is 12.8 Å². The van der Waals surface area contributed by atoms with Crippen molar-refractivity contribution >= 4 is 23.3 Å². The molecule has 2 aromatic carbocycles. The van der Waals surface area contributed by atoms with Gasteiger partial charge < -0.3 is 14.9 Å². The summed E-state index contributed by atoms with van der Waals surface area (Å²) in [5, 5.41) is 19.6. The predicted molar refractivity (Wildman–Crippen MR) is 93.5 cm³/mol. The number of phenols is 1. The summed E-state index contributed by atoms with van der Waals surface area (Å²) in [6.45, 7) is 0.343. The molecule has 0 heterocycles. The number of carboxylic acid groups (broad SMARTS) is 1. The van der Waals surface area contributed by atoms with Crippen LogP contribution in [0.15, 0.2) is 47.5 Å². The van der Waals surface area contributed by atoms with Crippen molar-refractivity contribution < 1.29 is 19.7 Å². The lowest BCUT2D eigenvalue weighted by Crippen LogP contribution is -2.06. The van der Waals surface area contributed by atoms with Crippen LogP contribution in [0, 0.1) is 0 Å². The van der Waals surface area contributed by atoms with Crippen LogP contribution in [0.4, 0.5) is 0 Å². The number of aliphatic imine (C=N–C) groups is 1. The lowest BCUT2D eigenvalue weighted by Gasteiger charge is -2.11. The van der Waals surface area contributed by atoms with Crippen molar-refractivity contribution in [3.05, 3.63) is 58.6 Å². The van der Waals surface area contributed by atoms with Gasteiger partial charge in [0.2, 0.25) is 0 Å². The summed E-state index contributed by atoms with van der Waals surface area (Å²) in [5.41, 5.74) is 1.92. The van der Waals surface area contributed by atoms with Crippen LogP contribution >= 0.6 is 11.6 Å². The first-order valence-electron chi connectivity index (χ1n) is 7.41. The number of ether oxygens (including phenoxy) is 1. The molecule has 0 saturated heterocycles. The molecule has 0 aromatic heterocycles. The molecule has 0 atom stereocenters. The van der Waals surface area contributed by atoms with Gasteiger partial charge in [0.15, 0.2) is 0 Å². The monoisotopic (exact) mass is 347 g/mol. The van der Waals surface area contributed by atoms with Gasteiger partial charge in [0, 0.05) is 35.2 Å². The van der Waals surface area contributed by atoms with E-state index < -0.39 is 5.97 Å². The zero-order valence-electron chi connectivity index (χ0n) is 13.2. The SMILES string of the molecule is COc1ccc(C(=NCCCC(=O)O)c2ccc(Cl)cc2)c(O)c1. The molecule has 0 radical (unpaired) electrons. The van der Waals surface area contributed by atoms with Gasteiger partial charge in [0.05, 0.1) is 12.8 Å². The smallest absolute Gasteiger partial charge is 0.303 e. The number of rotatable bonds is 7. The van der Waals surface area contributed by atoms with Gasteiger partial charge in [-0.3, -0.25) is 9.79 Å². The van der Waals surface area contributed by atoms with Gasteiger partial charge in [-0.2, -0.15) is 0 Å². The molecule has 126 valence electrons. The van der Waals surface area contributed by atoms with Gasteiger partial charge in [0.25, 0.3) is 0 Å². The Kier molecular flexibility index (Phi) is 6.21. The minimum atomic E-state index is -0.856. The molecule has 24 heavy (non-hydrogen) atoms. The van der Waals surface area contributed by atoms with Gasteiger partial charge in [-0.15, -0.1) is 0 Å². The summed E-state index contributed by atoms with van der Waals surface area (Å²) in [5.74, 6) is -0.274. The van der Waals surface area contributed by atoms with Gasteiger partial charge in [-0.05, 0) is 30.7 Å². The number of phenolic OH excluding ortho intramolecular Hbond substituents is 1. The minimum absolute atomic E-state index is 0.0429. The summed E-state index contributed by atoms with van der Waals surface area (Å²) in [6, 6.07) is 12.1. The fourth-order valence-electron chi connectivity index (χ4n) is 2.20. The first-order chi connectivity index (χ1) is 11.5. The Bertz CT molecular complexity index is 741. The first kappa shape index (κ1) is 17.8. The lowest BCUT2D eigenvalue weighted by atomic mass is 10.0. The maximum atomic E-state index is 10.6. The topological polar surface area (TPSA) is 79.1 Å². The van der Waals surface area contributed by atoms with E-state index >= 15 is 0 Å². The number of benzene rings is 2. The number of aliphatic carboxylic acids is 1. The predicted octanol–water partition coefficient (Wildman–Crippen LogP) is 3.76. The molecular formula is C18H18ClNO4. The fraction of sp³-hybridized carbons (Fsp3) is 0.222. The van der Waals surface area contributed by atoms with Crippen LogP contribution in [0.1, 0.15) is 24.0 Å². The third-order valence-corrected chi connectivity index (χ3v) is 3.65. The van der Waals surface area contributed by atoms with Crippen molar-refractivity contribution in [1.82, 2.24) is 0 Å². The number of nitrogens with zero attached hydrogens (tertiary/aromatic N) is 1. The molecule has 0 aliphatic carbocycles. The molecule has 0 aliphatic rings. The summed E-state index contributed by atoms with van der Waals surface area (Å²) >= 11 is 5.92. The molecule has 2 aromatic rings. The quantitative estimate of drug-likeness (QED) is 0.590. The van der Waals surface area contributed by atoms with Crippen molar-refractivity contribution in [2.75, 3.05) is 13.7 Å². The number of carbonyl (C=O) groups is 1. The highest BCUT2D eigenvalue weighted by atomic mass is 35.5. The third kappa shape index (κ3) is 4.73. The van der Waals surface area contributed by atoms with E-state index in [1.165, 1.54) is 13.2 Å².